The molecule has 0 saturated carbocycles. The molecule has 0 aliphatic carbocycles. The summed E-state index contributed by atoms with van der Waals surface area (Å²) in [6.45, 7) is 1.43. The number of hydrogen-bond donors (Lipinski definition) is 2. The van der Waals surface area contributed by atoms with Crippen LogP contribution in [0, 0.1) is 0 Å². The zero-order valence-corrected chi connectivity index (χ0v) is 12.1. The molecule has 110 valence electrons. The van der Waals surface area contributed by atoms with E-state index in [-0.39, 0.29) is 6.61 Å². The van der Waals surface area contributed by atoms with Gasteiger partial charge in [-0.25, -0.2) is 4.98 Å². The Morgan fingerprint density at radius 3 is 2.55 bits per heavy atom. The van der Waals surface area contributed by atoms with Gasteiger partial charge in [-0.1, -0.05) is 0 Å². The first kappa shape index (κ1) is 14.6. The highest BCUT2D eigenvalue weighted by Gasteiger charge is 2.14. The fourth-order valence-electron chi connectivity index (χ4n) is 2.28. The number of fused-ring (bicyclic) bond motifs is 1. The van der Waals surface area contributed by atoms with Crippen molar-refractivity contribution in [2.45, 2.75) is 13.0 Å². The Balaban J connectivity index is 2.54. The smallest absolute Gasteiger partial charge is 0.163 e. The average Bonchev–Trinajstić information content (AvgIpc) is 2.81. The molecule has 20 heavy (non-hydrogen) atoms. The molecule has 1 aromatic heterocycles. The van der Waals surface area contributed by atoms with Crippen molar-refractivity contribution < 1.29 is 14.6 Å². The van der Waals surface area contributed by atoms with Crippen LogP contribution >= 0.6 is 0 Å². The van der Waals surface area contributed by atoms with Crippen molar-refractivity contribution >= 4 is 11.0 Å². The number of nitrogens with one attached hydrogen (secondary N) is 1. The number of aromatic nitrogens is 2. The van der Waals surface area contributed by atoms with E-state index in [9.17, 15) is 5.11 Å². The predicted octanol–water partition coefficient (Wildman–Crippen LogP) is 0.808. The van der Waals surface area contributed by atoms with Gasteiger partial charge in [0.05, 0.1) is 31.9 Å². The number of benzene rings is 1. The molecule has 2 N–H and O–H groups in total. The highest BCUT2D eigenvalue weighted by atomic mass is 16.5. The second-order valence-corrected chi connectivity index (χ2v) is 4.45. The highest BCUT2D eigenvalue weighted by molar-refractivity contribution is 5.80. The van der Waals surface area contributed by atoms with Crippen molar-refractivity contribution in [3.8, 4) is 11.5 Å². The van der Waals surface area contributed by atoms with E-state index in [1.165, 1.54) is 0 Å². The van der Waals surface area contributed by atoms with Crippen LogP contribution in [0.25, 0.3) is 11.0 Å². The van der Waals surface area contributed by atoms with E-state index in [2.05, 4.69) is 10.3 Å². The molecule has 2 aromatic rings. The van der Waals surface area contributed by atoms with E-state index in [1.807, 2.05) is 23.7 Å². The minimum Gasteiger partial charge on any atom is -0.493 e. The van der Waals surface area contributed by atoms with Gasteiger partial charge in [0, 0.05) is 31.6 Å². The van der Waals surface area contributed by atoms with Gasteiger partial charge in [-0.3, -0.25) is 0 Å². The molecule has 0 unspecified atom stereocenters. The molecule has 0 amide bonds. The van der Waals surface area contributed by atoms with Crippen LogP contribution in [0.15, 0.2) is 12.1 Å². The maximum absolute atomic E-state index is 9.25. The van der Waals surface area contributed by atoms with Crippen LogP contribution in [0.4, 0.5) is 0 Å². The molecule has 0 aliphatic rings. The Labute approximate surface area is 118 Å². The molecule has 0 spiro atoms. The Morgan fingerprint density at radius 1 is 1.25 bits per heavy atom. The quantitative estimate of drug-likeness (QED) is 0.785. The molecule has 0 atom stereocenters. The molecule has 0 radical (unpaired) electrons. The van der Waals surface area contributed by atoms with Crippen LogP contribution in [0.2, 0.25) is 0 Å². The zero-order valence-electron chi connectivity index (χ0n) is 12.1. The maximum Gasteiger partial charge on any atom is 0.163 e. The van der Waals surface area contributed by atoms with Crippen LogP contribution < -0.4 is 14.8 Å². The first-order chi connectivity index (χ1) is 9.74. The summed E-state index contributed by atoms with van der Waals surface area (Å²) in [7, 11) is 5.12. The first-order valence-electron chi connectivity index (χ1n) is 6.61. The maximum atomic E-state index is 9.25. The van der Waals surface area contributed by atoms with Gasteiger partial charge in [-0.05, 0) is 7.05 Å². The lowest BCUT2D eigenvalue weighted by Crippen LogP contribution is -2.15. The second kappa shape index (κ2) is 6.58. The normalized spacial score (nSPS) is 11.0. The first-order valence-corrected chi connectivity index (χ1v) is 6.61. The van der Waals surface area contributed by atoms with Crippen molar-refractivity contribution in [1.29, 1.82) is 0 Å². The number of hydrogen-bond acceptors (Lipinski definition) is 5. The summed E-state index contributed by atoms with van der Waals surface area (Å²) in [5.74, 6) is 2.27. The van der Waals surface area contributed by atoms with Crippen molar-refractivity contribution in [2.24, 2.45) is 0 Å². The van der Waals surface area contributed by atoms with E-state index in [4.69, 9.17) is 9.47 Å². The number of ether oxygens (including phenoxy) is 2. The lowest BCUT2D eigenvalue weighted by atomic mass is 10.2. The SMILES string of the molecule is CNCCc1nc2cc(OC)c(OC)cc2n1CCO. The van der Waals surface area contributed by atoms with Crippen molar-refractivity contribution in [1.82, 2.24) is 14.9 Å². The van der Waals surface area contributed by atoms with Gasteiger partial charge in [-0.15, -0.1) is 0 Å². The van der Waals surface area contributed by atoms with Crippen molar-refractivity contribution in [2.75, 3.05) is 34.4 Å². The Bertz CT molecular complexity index is 581. The summed E-state index contributed by atoms with van der Waals surface area (Å²) in [6, 6.07) is 3.77. The molecule has 0 fully saturated rings. The molecule has 6 heteroatoms. The zero-order chi connectivity index (χ0) is 14.5. The number of likely N-dealkylation sites (N-methyl/N-ethyl adjacent to an activating group) is 1. The molecular weight excluding hydrogens is 258 g/mol. The van der Waals surface area contributed by atoms with E-state index in [0.717, 1.165) is 29.8 Å². The van der Waals surface area contributed by atoms with Crippen LogP contribution in [0.1, 0.15) is 5.82 Å². The molecule has 1 aromatic carbocycles. The molecule has 6 nitrogen and oxygen atoms in total. The number of nitrogens with zero attached hydrogens (tertiary/aromatic N) is 2. The molecule has 1 heterocycles. The summed E-state index contributed by atoms with van der Waals surface area (Å²) in [5, 5.41) is 12.4. The van der Waals surface area contributed by atoms with E-state index in [0.29, 0.717) is 18.0 Å². The Morgan fingerprint density at radius 2 is 1.95 bits per heavy atom. The van der Waals surface area contributed by atoms with E-state index >= 15 is 0 Å². The third-order valence-corrected chi connectivity index (χ3v) is 3.25. The molecule has 0 saturated heterocycles. The van der Waals surface area contributed by atoms with Crippen molar-refractivity contribution in [3.63, 3.8) is 0 Å². The number of aliphatic hydroxyl groups is 1. The van der Waals surface area contributed by atoms with Gasteiger partial charge < -0.3 is 24.5 Å². The summed E-state index contributed by atoms with van der Waals surface area (Å²) in [6.07, 6.45) is 0.801. The number of methoxy groups -OCH3 is 2. The molecule has 2 rings (SSSR count). The second-order valence-electron chi connectivity index (χ2n) is 4.45. The largest absolute Gasteiger partial charge is 0.493 e. The van der Waals surface area contributed by atoms with Gasteiger partial charge >= 0.3 is 0 Å². The van der Waals surface area contributed by atoms with E-state index < -0.39 is 0 Å². The number of imidazole rings is 1. The highest BCUT2D eigenvalue weighted by Crippen LogP contribution is 2.32. The Kier molecular flexibility index (Phi) is 4.81. The lowest BCUT2D eigenvalue weighted by molar-refractivity contribution is 0.276. The monoisotopic (exact) mass is 279 g/mol. The Hall–Kier alpha value is -1.79. The third-order valence-electron chi connectivity index (χ3n) is 3.25. The van der Waals surface area contributed by atoms with Crippen LogP contribution in [0.5, 0.6) is 11.5 Å². The minimum absolute atomic E-state index is 0.0758. The molecule has 0 bridgehead atoms. The summed E-state index contributed by atoms with van der Waals surface area (Å²) < 4.78 is 12.6. The summed E-state index contributed by atoms with van der Waals surface area (Å²) >= 11 is 0. The predicted molar refractivity (Wildman–Crippen MR) is 77.6 cm³/mol. The van der Waals surface area contributed by atoms with Gasteiger partial charge in [0.1, 0.15) is 5.82 Å². The van der Waals surface area contributed by atoms with Crippen LogP contribution in [0.3, 0.4) is 0 Å². The van der Waals surface area contributed by atoms with Gasteiger partial charge in [0.15, 0.2) is 11.5 Å². The standard InChI is InChI=1S/C14H21N3O3/c1-15-5-4-14-16-10-8-12(19-2)13(20-3)9-11(10)17(14)6-7-18/h8-9,15,18H,4-7H2,1-3H3. The summed E-state index contributed by atoms with van der Waals surface area (Å²) in [5.41, 5.74) is 1.80. The van der Waals surface area contributed by atoms with Gasteiger partial charge in [0.25, 0.3) is 0 Å². The minimum atomic E-state index is 0.0758. The van der Waals surface area contributed by atoms with Crippen LogP contribution in [-0.2, 0) is 13.0 Å². The fourth-order valence-corrected chi connectivity index (χ4v) is 2.28. The van der Waals surface area contributed by atoms with Crippen LogP contribution in [-0.4, -0.2) is 49.1 Å². The van der Waals surface area contributed by atoms with Crippen molar-refractivity contribution in [3.05, 3.63) is 18.0 Å². The fraction of sp³-hybridized carbons (Fsp3) is 0.500. The topological polar surface area (TPSA) is 68.5 Å². The third kappa shape index (κ3) is 2.71. The van der Waals surface area contributed by atoms with Gasteiger partial charge in [0.2, 0.25) is 0 Å². The number of rotatable bonds is 7. The molecule has 0 aliphatic heterocycles. The van der Waals surface area contributed by atoms with Gasteiger partial charge in [-0.2, -0.15) is 0 Å². The van der Waals surface area contributed by atoms with E-state index in [1.54, 1.807) is 14.2 Å². The number of aliphatic hydroxyl groups excluding tert-OH is 1. The lowest BCUT2D eigenvalue weighted by Gasteiger charge is -2.09. The summed E-state index contributed by atoms with van der Waals surface area (Å²) in [4.78, 5) is 4.63. The molecular formula is C14H21N3O3. The average molecular weight is 279 g/mol.